The summed E-state index contributed by atoms with van der Waals surface area (Å²) in [7, 11) is 0. The molecule has 2 rings (SSSR count). The molecular formula is C13H10F3NO4. The minimum Gasteiger partial charge on any atom is -0.475 e. The van der Waals surface area contributed by atoms with Crippen molar-refractivity contribution in [2.45, 2.75) is 12.9 Å². The van der Waals surface area contributed by atoms with Gasteiger partial charge in [-0.15, -0.1) is 13.2 Å². The number of ether oxygens (including phenoxy) is 1. The molecule has 2 N–H and O–H groups in total. The van der Waals surface area contributed by atoms with Crippen molar-refractivity contribution in [2.75, 3.05) is 5.32 Å². The number of aromatic carboxylic acids is 1. The highest BCUT2D eigenvalue weighted by Crippen LogP contribution is 2.25. The highest BCUT2D eigenvalue weighted by atomic mass is 19.4. The third kappa shape index (κ3) is 4.16. The van der Waals surface area contributed by atoms with Crippen LogP contribution in [-0.2, 0) is 6.54 Å². The number of halogens is 3. The van der Waals surface area contributed by atoms with Crippen LogP contribution in [0.5, 0.6) is 5.75 Å². The van der Waals surface area contributed by atoms with Crippen LogP contribution >= 0.6 is 0 Å². The molecule has 112 valence electrons. The first kappa shape index (κ1) is 14.8. The summed E-state index contributed by atoms with van der Waals surface area (Å²) in [5.41, 5.74) is 0.735. The number of anilines is 1. The number of rotatable bonds is 5. The number of nitrogens with one attached hydrogen (secondary N) is 1. The van der Waals surface area contributed by atoms with E-state index in [4.69, 9.17) is 9.52 Å². The number of benzene rings is 1. The van der Waals surface area contributed by atoms with Crippen LogP contribution in [0.25, 0.3) is 0 Å². The minimum absolute atomic E-state index is 0.0909. The van der Waals surface area contributed by atoms with Gasteiger partial charge in [0.2, 0.25) is 5.76 Å². The fourth-order valence-electron chi connectivity index (χ4n) is 1.66. The molecule has 1 heterocycles. The van der Waals surface area contributed by atoms with Crippen molar-refractivity contribution < 1.29 is 32.2 Å². The molecule has 8 heteroatoms. The summed E-state index contributed by atoms with van der Waals surface area (Å²) in [4.78, 5) is 10.8. The summed E-state index contributed by atoms with van der Waals surface area (Å²) in [5, 5.41) is 11.7. The van der Waals surface area contributed by atoms with Gasteiger partial charge in [0, 0.05) is 23.9 Å². The van der Waals surface area contributed by atoms with Crippen LogP contribution in [0, 0.1) is 0 Å². The number of furan rings is 1. The third-order valence-electron chi connectivity index (χ3n) is 2.49. The van der Waals surface area contributed by atoms with Gasteiger partial charge in [-0.1, -0.05) is 6.07 Å². The van der Waals surface area contributed by atoms with Gasteiger partial charge in [0.05, 0.1) is 6.26 Å². The monoisotopic (exact) mass is 301 g/mol. The summed E-state index contributed by atoms with van der Waals surface area (Å²) in [6.45, 7) is 0.0909. The Morgan fingerprint density at radius 3 is 2.76 bits per heavy atom. The largest absolute Gasteiger partial charge is 0.573 e. The van der Waals surface area contributed by atoms with Gasteiger partial charge in [-0.3, -0.25) is 0 Å². The molecule has 0 aliphatic heterocycles. The average Bonchev–Trinajstić information content (AvgIpc) is 2.83. The fraction of sp³-hybridized carbons (Fsp3) is 0.154. The molecule has 21 heavy (non-hydrogen) atoms. The maximum absolute atomic E-state index is 12.1. The second-order valence-electron chi connectivity index (χ2n) is 4.01. The van der Waals surface area contributed by atoms with Crippen molar-refractivity contribution in [1.29, 1.82) is 0 Å². The third-order valence-corrected chi connectivity index (χ3v) is 2.49. The van der Waals surface area contributed by atoms with Gasteiger partial charge in [0.25, 0.3) is 0 Å². The van der Waals surface area contributed by atoms with Crippen molar-refractivity contribution >= 4 is 11.7 Å². The Balaban J connectivity index is 2.05. The summed E-state index contributed by atoms with van der Waals surface area (Å²) < 4.78 is 44.9. The number of carboxylic acid groups (broad SMARTS) is 1. The maximum Gasteiger partial charge on any atom is 0.573 e. The van der Waals surface area contributed by atoms with E-state index < -0.39 is 12.3 Å². The van der Waals surface area contributed by atoms with Gasteiger partial charge in [-0.05, 0) is 18.2 Å². The fourth-order valence-corrected chi connectivity index (χ4v) is 1.66. The molecule has 5 nitrogen and oxygen atoms in total. The summed E-state index contributed by atoms with van der Waals surface area (Å²) in [6.07, 6.45) is -3.54. The lowest BCUT2D eigenvalue weighted by molar-refractivity contribution is -0.274. The van der Waals surface area contributed by atoms with E-state index in [9.17, 15) is 18.0 Å². The lowest BCUT2D eigenvalue weighted by atomic mass is 10.2. The summed E-state index contributed by atoms with van der Waals surface area (Å²) >= 11 is 0. The molecule has 0 saturated carbocycles. The quantitative estimate of drug-likeness (QED) is 0.884. The molecule has 0 aliphatic carbocycles. The van der Waals surface area contributed by atoms with Crippen LogP contribution in [-0.4, -0.2) is 17.4 Å². The zero-order valence-corrected chi connectivity index (χ0v) is 10.5. The van der Waals surface area contributed by atoms with Crippen LogP contribution in [0.4, 0.5) is 18.9 Å². The lowest BCUT2D eigenvalue weighted by Gasteiger charge is -2.11. The van der Waals surface area contributed by atoms with E-state index in [0.717, 1.165) is 6.07 Å². The first-order valence-corrected chi connectivity index (χ1v) is 5.74. The average molecular weight is 301 g/mol. The number of alkyl halides is 3. The molecule has 0 radical (unpaired) electrons. The molecule has 0 spiro atoms. The second-order valence-corrected chi connectivity index (χ2v) is 4.01. The number of carbonyl (C=O) groups is 1. The Bertz CT molecular complexity index is 636. The number of hydrogen-bond donors (Lipinski definition) is 2. The zero-order valence-electron chi connectivity index (χ0n) is 10.5. The molecule has 1 aromatic carbocycles. The van der Waals surface area contributed by atoms with E-state index in [2.05, 4.69) is 10.1 Å². The Morgan fingerprint density at radius 2 is 2.10 bits per heavy atom. The van der Waals surface area contributed by atoms with Crippen LogP contribution < -0.4 is 10.1 Å². The summed E-state index contributed by atoms with van der Waals surface area (Å²) in [5.74, 6) is -1.80. The molecule has 0 saturated heterocycles. The van der Waals surface area contributed by atoms with Crippen molar-refractivity contribution in [3.63, 3.8) is 0 Å². The van der Waals surface area contributed by atoms with E-state index in [1.807, 2.05) is 0 Å². The molecule has 0 unspecified atom stereocenters. The standard InChI is InChI=1S/C13H10F3NO4/c14-13(15,16)21-10-3-1-2-9(6-10)17-7-8-4-5-20-11(8)12(18)19/h1-6,17H,7H2,(H,18,19). The number of hydrogen-bond acceptors (Lipinski definition) is 4. The Labute approximate surface area is 116 Å². The molecule has 0 fully saturated rings. The predicted molar refractivity (Wildman–Crippen MR) is 66.1 cm³/mol. The normalized spacial score (nSPS) is 11.2. The van der Waals surface area contributed by atoms with Crippen LogP contribution in [0.2, 0.25) is 0 Å². The van der Waals surface area contributed by atoms with Crippen molar-refractivity contribution in [2.24, 2.45) is 0 Å². The van der Waals surface area contributed by atoms with E-state index in [-0.39, 0.29) is 18.1 Å². The number of carboxylic acids is 1. The highest BCUT2D eigenvalue weighted by molar-refractivity contribution is 5.86. The van der Waals surface area contributed by atoms with Crippen molar-refractivity contribution in [1.82, 2.24) is 0 Å². The van der Waals surface area contributed by atoms with Crippen molar-refractivity contribution in [3.05, 3.63) is 47.9 Å². The first-order chi connectivity index (χ1) is 9.85. The van der Waals surface area contributed by atoms with E-state index in [1.54, 1.807) is 0 Å². The maximum atomic E-state index is 12.1. The molecule has 2 aromatic rings. The topological polar surface area (TPSA) is 71.7 Å². The Hall–Kier alpha value is -2.64. The molecule has 1 aromatic heterocycles. The zero-order chi connectivity index (χ0) is 15.5. The van der Waals surface area contributed by atoms with E-state index >= 15 is 0 Å². The van der Waals surface area contributed by atoms with Gasteiger partial charge >= 0.3 is 12.3 Å². The molecule has 0 amide bonds. The summed E-state index contributed by atoms with van der Waals surface area (Å²) in [6, 6.07) is 6.71. The van der Waals surface area contributed by atoms with Crippen molar-refractivity contribution in [3.8, 4) is 5.75 Å². The molecular weight excluding hydrogens is 291 g/mol. The minimum atomic E-state index is -4.76. The molecule has 0 atom stereocenters. The van der Waals surface area contributed by atoms with Gasteiger partial charge in [0.1, 0.15) is 5.75 Å². The lowest BCUT2D eigenvalue weighted by Crippen LogP contribution is -2.17. The van der Waals surface area contributed by atoms with Crippen LogP contribution in [0.3, 0.4) is 0 Å². The van der Waals surface area contributed by atoms with Gasteiger partial charge in [-0.2, -0.15) is 0 Å². The highest BCUT2D eigenvalue weighted by Gasteiger charge is 2.31. The van der Waals surface area contributed by atoms with E-state index in [0.29, 0.717) is 11.3 Å². The van der Waals surface area contributed by atoms with Gasteiger partial charge in [0.15, 0.2) is 0 Å². The molecule has 0 aliphatic rings. The first-order valence-electron chi connectivity index (χ1n) is 5.74. The smallest absolute Gasteiger partial charge is 0.475 e. The molecule has 0 bridgehead atoms. The van der Waals surface area contributed by atoms with E-state index in [1.165, 1.54) is 30.5 Å². The Kier molecular flexibility index (Phi) is 4.06. The van der Waals surface area contributed by atoms with Gasteiger partial charge < -0.3 is 19.6 Å². The predicted octanol–water partition coefficient (Wildman–Crippen LogP) is 3.49. The second kappa shape index (κ2) is 5.78. The van der Waals surface area contributed by atoms with Crippen LogP contribution in [0.1, 0.15) is 16.1 Å². The SMILES string of the molecule is O=C(O)c1occc1CNc1cccc(OC(F)(F)F)c1. The Morgan fingerprint density at radius 1 is 1.33 bits per heavy atom. The van der Waals surface area contributed by atoms with Gasteiger partial charge in [-0.25, -0.2) is 4.79 Å². The van der Waals surface area contributed by atoms with Crippen LogP contribution in [0.15, 0.2) is 41.0 Å².